The maximum atomic E-state index is 6.17. The average Bonchev–Trinajstić information content (AvgIpc) is 2.76. The van der Waals surface area contributed by atoms with E-state index in [2.05, 4.69) is 29.5 Å². The highest BCUT2D eigenvalue weighted by molar-refractivity contribution is 5.80. The summed E-state index contributed by atoms with van der Waals surface area (Å²) < 4.78 is 7.48. The predicted molar refractivity (Wildman–Crippen MR) is 81.9 cm³/mol. The summed E-state index contributed by atoms with van der Waals surface area (Å²) in [6.45, 7) is 4.69. The highest BCUT2D eigenvalue weighted by atomic mass is 16.5. The van der Waals surface area contributed by atoms with Gasteiger partial charge in [-0.1, -0.05) is 13.8 Å². The number of ether oxygens (including phenoxy) is 1. The molecule has 3 unspecified atom stereocenters. The van der Waals surface area contributed by atoms with Crippen LogP contribution in [0, 0.1) is 11.8 Å². The molecule has 1 fully saturated rings. The van der Waals surface area contributed by atoms with Crippen LogP contribution in [0.2, 0.25) is 0 Å². The lowest BCUT2D eigenvalue weighted by molar-refractivity contribution is 0.215. The number of hydrogen-bond donors (Lipinski definition) is 1. The molecule has 1 saturated carbocycles. The zero-order valence-electron chi connectivity index (χ0n) is 12.5. The SMILES string of the molecule is COc1ccc2c(c1)nc(N)n2C1CCC(C)C(C)C1. The highest BCUT2D eigenvalue weighted by Crippen LogP contribution is 2.39. The van der Waals surface area contributed by atoms with Crippen molar-refractivity contribution < 1.29 is 4.74 Å². The van der Waals surface area contributed by atoms with Gasteiger partial charge in [-0.15, -0.1) is 0 Å². The minimum absolute atomic E-state index is 0.472. The van der Waals surface area contributed by atoms with Crippen LogP contribution in [0.3, 0.4) is 0 Å². The summed E-state index contributed by atoms with van der Waals surface area (Å²) in [7, 11) is 1.67. The number of nitrogens with zero attached hydrogens (tertiary/aromatic N) is 2. The van der Waals surface area contributed by atoms with Gasteiger partial charge in [0.1, 0.15) is 5.75 Å². The average molecular weight is 273 g/mol. The molecule has 3 atom stereocenters. The minimum Gasteiger partial charge on any atom is -0.497 e. The first-order valence-electron chi connectivity index (χ1n) is 7.41. The molecule has 1 heterocycles. The lowest BCUT2D eigenvalue weighted by atomic mass is 9.79. The van der Waals surface area contributed by atoms with E-state index in [1.807, 2.05) is 12.1 Å². The molecule has 1 aromatic heterocycles. The Balaban J connectivity index is 2.01. The maximum absolute atomic E-state index is 6.17. The second-order valence-corrected chi connectivity index (χ2v) is 6.12. The number of imidazole rings is 1. The standard InChI is InChI=1S/C16H23N3O/c1-10-4-5-12(8-11(10)2)19-15-7-6-13(20-3)9-14(15)18-16(19)17/h6-7,9-12H,4-5,8H2,1-3H3,(H2,17,18). The van der Waals surface area contributed by atoms with Gasteiger partial charge in [-0.05, 0) is 43.2 Å². The normalized spacial score (nSPS) is 26.9. The molecular formula is C16H23N3O. The number of nitrogen functional groups attached to an aromatic ring is 1. The van der Waals surface area contributed by atoms with Crippen molar-refractivity contribution >= 4 is 17.0 Å². The molecule has 2 aromatic rings. The number of fused-ring (bicyclic) bond motifs is 1. The molecule has 1 aliphatic rings. The van der Waals surface area contributed by atoms with E-state index in [0.29, 0.717) is 12.0 Å². The topological polar surface area (TPSA) is 53.1 Å². The van der Waals surface area contributed by atoms with Gasteiger partial charge in [-0.2, -0.15) is 0 Å². The van der Waals surface area contributed by atoms with E-state index < -0.39 is 0 Å². The fourth-order valence-electron chi connectivity index (χ4n) is 3.36. The molecule has 0 amide bonds. The van der Waals surface area contributed by atoms with Gasteiger partial charge < -0.3 is 15.0 Å². The van der Waals surface area contributed by atoms with E-state index in [4.69, 9.17) is 10.5 Å². The molecule has 0 spiro atoms. The van der Waals surface area contributed by atoms with Crippen molar-refractivity contribution in [2.75, 3.05) is 12.8 Å². The van der Waals surface area contributed by atoms with Crippen LogP contribution in [0.15, 0.2) is 18.2 Å². The third-order valence-corrected chi connectivity index (χ3v) is 4.86. The van der Waals surface area contributed by atoms with Gasteiger partial charge in [-0.25, -0.2) is 4.98 Å². The summed E-state index contributed by atoms with van der Waals surface area (Å²) in [5.41, 5.74) is 8.21. The number of aromatic nitrogens is 2. The van der Waals surface area contributed by atoms with Crippen LogP contribution >= 0.6 is 0 Å². The van der Waals surface area contributed by atoms with E-state index in [-0.39, 0.29) is 0 Å². The van der Waals surface area contributed by atoms with E-state index in [1.54, 1.807) is 7.11 Å². The highest BCUT2D eigenvalue weighted by Gasteiger charge is 2.27. The van der Waals surface area contributed by atoms with Gasteiger partial charge in [0.15, 0.2) is 0 Å². The monoisotopic (exact) mass is 273 g/mol. The Bertz CT molecular complexity index is 619. The molecular weight excluding hydrogens is 250 g/mol. The molecule has 3 rings (SSSR count). The fraction of sp³-hybridized carbons (Fsp3) is 0.562. The lowest BCUT2D eigenvalue weighted by Crippen LogP contribution is -2.24. The summed E-state index contributed by atoms with van der Waals surface area (Å²) in [5, 5.41) is 0. The second kappa shape index (κ2) is 5.00. The van der Waals surface area contributed by atoms with Crippen molar-refractivity contribution in [3.8, 4) is 5.75 Å². The molecule has 4 nitrogen and oxygen atoms in total. The van der Waals surface area contributed by atoms with E-state index in [0.717, 1.165) is 28.6 Å². The Labute approximate surface area is 119 Å². The lowest BCUT2D eigenvalue weighted by Gasteiger charge is -2.33. The van der Waals surface area contributed by atoms with Crippen molar-refractivity contribution in [2.24, 2.45) is 11.8 Å². The molecule has 108 valence electrons. The number of methoxy groups -OCH3 is 1. The minimum atomic E-state index is 0.472. The third-order valence-electron chi connectivity index (χ3n) is 4.86. The van der Waals surface area contributed by atoms with E-state index in [9.17, 15) is 0 Å². The van der Waals surface area contributed by atoms with Crippen LogP contribution in [0.1, 0.15) is 39.2 Å². The molecule has 1 aromatic carbocycles. The molecule has 0 aliphatic heterocycles. The Morgan fingerprint density at radius 3 is 2.75 bits per heavy atom. The number of anilines is 1. The van der Waals surface area contributed by atoms with Crippen LogP contribution in [0.25, 0.3) is 11.0 Å². The summed E-state index contributed by atoms with van der Waals surface area (Å²) in [6.07, 6.45) is 3.64. The number of hydrogen-bond acceptors (Lipinski definition) is 3. The largest absolute Gasteiger partial charge is 0.497 e. The summed E-state index contributed by atoms with van der Waals surface area (Å²) >= 11 is 0. The van der Waals surface area contributed by atoms with Gasteiger partial charge in [-0.3, -0.25) is 0 Å². The van der Waals surface area contributed by atoms with Crippen molar-refractivity contribution in [1.82, 2.24) is 9.55 Å². The number of benzene rings is 1. The summed E-state index contributed by atoms with van der Waals surface area (Å²) in [6, 6.07) is 6.48. The van der Waals surface area contributed by atoms with Gasteiger partial charge in [0, 0.05) is 12.1 Å². The van der Waals surface area contributed by atoms with Crippen molar-refractivity contribution in [2.45, 2.75) is 39.2 Å². The molecule has 0 saturated heterocycles. The van der Waals surface area contributed by atoms with E-state index in [1.165, 1.54) is 19.3 Å². The Morgan fingerprint density at radius 1 is 1.25 bits per heavy atom. The predicted octanol–water partition coefficient (Wildman–Crippen LogP) is 3.62. The van der Waals surface area contributed by atoms with Crippen LogP contribution in [-0.2, 0) is 0 Å². The summed E-state index contributed by atoms with van der Waals surface area (Å²) in [4.78, 5) is 4.50. The Morgan fingerprint density at radius 2 is 2.05 bits per heavy atom. The van der Waals surface area contributed by atoms with Crippen molar-refractivity contribution in [3.63, 3.8) is 0 Å². The van der Waals surface area contributed by atoms with Gasteiger partial charge in [0.05, 0.1) is 18.1 Å². The number of nitrogens with two attached hydrogens (primary N) is 1. The Kier molecular flexibility index (Phi) is 3.32. The first-order valence-corrected chi connectivity index (χ1v) is 7.41. The molecule has 1 aliphatic carbocycles. The summed E-state index contributed by atoms with van der Waals surface area (Å²) in [5.74, 6) is 3.00. The van der Waals surface area contributed by atoms with Crippen LogP contribution in [0.5, 0.6) is 5.75 Å². The van der Waals surface area contributed by atoms with E-state index >= 15 is 0 Å². The van der Waals surface area contributed by atoms with Crippen LogP contribution < -0.4 is 10.5 Å². The first-order chi connectivity index (χ1) is 9.60. The van der Waals surface area contributed by atoms with Gasteiger partial charge in [0.2, 0.25) is 5.95 Å². The van der Waals surface area contributed by atoms with Crippen molar-refractivity contribution in [1.29, 1.82) is 0 Å². The smallest absolute Gasteiger partial charge is 0.201 e. The van der Waals surface area contributed by atoms with Gasteiger partial charge in [0.25, 0.3) is 0 Å². The Hall–Kier alpha value is -1.71. The van der Waals surface area contributed by atoms with Crippen molar-refractivity contribution in [3.05, 3.63) is 18.2 Å². The first kappa shape index (κ1) is 13.3. The fourth-order valence-corrected chi connectivity index (χ4v) is 3.36. The molecule has 0 radical (unpaired) electrons. The molecule has 2 N–H and O–H groups in total. The van der Waals surface area contributed by atoms with Crippen LogP contribution in [-0.4, -0.2) is 16.7 Å². The second-order valence-electron chi connectivity index (χ2n) is 6.12. The zero-order valence-corrected chi connectivity index (χ0v) is 12.5. The van der Waals surface area contributed by atoms with Crippen LogP contribution in [0.4, 0.5) is 5.95 Å². The molecule has 20 heavy (non-hydrogen) atoms. The maximum Gasteiger partial charge on any atom is 0.201 e. The third kappa shape index (κ3) is 2.13. The molecule has 0 bridgehead atoms. The van der Waals surface area contributed by atoms with Gasteiger partial charge >= 0.3 is 0 Å². The molecule has 4 heteroatoms. The quantitative estimate of drug-likeness (QED) is 0.909. The number of rotatable bonds is 2. The zero-order chi connectivity index (χ0) is 14.3.